The standard InChI is InChI=1S/C16H26N4O2/c1-12(14-10-17-7-8-18-14)19-13-6-5-9-20(11-13)15(21)22-16(2,3)4/h7-8,10,12-13,19H,5-6,9,11H2,1-4H3/t12-,13+/m0/s1. The average molecular weight is 306 g/mol. The number of nitrogens with zero attached hydrogens (tertiary/aromatic N) is 3. The first-order valence-electron chi connectivity index (χ1n) is 7.85. The van der Waals surface area contributed by atoms with E-state index in [1.165, 1.54) is 0 Å². The molecule has 1 aliphatic rings. The minimum Gasteiger partial charge on any atom is -0.444 e. The predicted molar refractivity (Wildman–Crippen MR) is 84.4 cm³/mol. The minimum atomic E-state index is -0.454. The van der Waals surface area contributed by atoms with Crippen molar-refractivity contribution in [1.82, 2.24) is 20.2 Å². The lowest BCUT2D eigenvalue weighted by atomic mass is 10.0. The number of ether oxygens (including phenoxy) is 1. The van der Waals surface area contributed by atoms with Gasteiger partial charge in [0.25, 0.3) is 0 Å². The van der Waals surface area contributed by atoms with Crippen LogP contribution < -0.4 is 5.32 Å². The fourth-order valence-corrected chi connectivity index (χ4v) is 2.58. The van der Waals surface area contributed by atoms with Gasteiger partial charge in [-0.3, -0.25) is 9.97 Å². The Kier molecular flexibility index (Phi) is 5.34. The monoisotopic (exact) mass is 306 g/mol. The van der Waals surface area contributed by atoms with E-state index in [1.54, 1.807) is 23.5 Å². The number of carbonyl (C=O) groups is 1. The third-order valence-electron chi connectivity index (χ3n) is 3.59. The highest BCUT2D eigenvalue weighted by Crippen LogP contribution is 2.17. The Hall–Kier alpha value is -1.69. The van der Waals surface area contributed by atoms with E-state index in [4.69, 9.17) is 4.74 Å². The zero-order chi connectivity index (χ0) is 16.2. The Balaban J connectivity index is 1.89. The number of rotatable bonds is 3. The van der Waals surface area contributed by atoms with Crippen LogP contribution in [0.25, 0.3) is 0 Å². The van der Waals surface area contributed by atoms with Crippen molar-refractivity contribution in [2.45, 2.75) is 58.2 Å². The predicted octanol–water partition coefficient (Wildman–Crippen LogP) is 2.53. The van der Waals surface area contributed by atoms with Crippen molar-refractivity contribution in [2.75, 3.05) is 13.1 Å². The lowest BCUT2D eigenvalue weighted by Gasteiger charge is -2.35. The van der Waals surface area contributed by atoms with Crippen LogP contribution in [0.15, 0.2) is 18.6 Å². The fraction of sp³-hybridized carbons (Fsp3) is 0.688. The van der Waals surface area contributed by atoms with E-state index in [9.17, 15) is 4.79 Å². The number of piperidine rings is 1. The molecule has 6 nitrogen and oxygen atoms in total. The molecular formula is C16H26N4O2. The molecule has 0 saturated carbocycles. The highest BCUT2D eigenvalue weighted by Gasteiger charge is 2.28. The fourth-order valence-electron chi connectivity index (χ4n) is 2.58. The van der Waals surface area contributed by atoms with Crippen LogP contribution in [0.5, 0.6) is 0 Å². The Morgan fingerprint density at radius 3 is 2.86 bits per heavy atom. The van der Waals surface area contributed by atoms with E-state index in [0.29, 0.717) is 6.54 Å². The maximum atomic E-state index is 12.2. The highest BCUT2D eigenvalue weighted by atomic mass is 16.6. The van der Waals surface area contributed by atoms with Crippen molar-refractivity contribution in [1.29, 1.82) is 0 Å². The molecule has 122 valence electrons. The first-order chi connectivity index (χ1) is 10.3. The van der Waals surface area contributed by atoms with E-state index in [-0.39, 0.29) is 18.2 Å². The van der Waals surface area contributed by atoms with Gasteiger partial charge in [0.2, 0.25) is 0 Å². The molecule has 1 aromatic rings. The quantitative estimate of drug-likeness (QED) is 0.929. The molecule has 1 amide bonds. The van der Waals surface area contributed by atoms with Crippen LogP contribution in [0.3, 0.4) is 0 Å². The summed E-state index contributed by atoms with van der Waals surface area (Å²) in [6, 6.07) is 0.357. The molecule has 1 N–H and O–H groups in total. The van der Waals surface area contributed by atoms with Gasteiger partial charge in [-0.15, -0.1) is 0 Å². The molecule has 2 rings (SSSR count). The summed E-state index contributed by atoms with van der Waals surface area (Å²) >= 11 is 0. The van der Waals surface area contributed by atoms with E-state index < -0.39 is 5.60 Å². The van der Waals surface area contributed by atoms with Gasteiger partial charge in [-0.25, -0.2) is 4.79 Å². The summed E-state index contributed by atoms with van der Waals surface area (Å²) in [7, 11) is 0. The van der Waals surface area contributed by atoms with Gasteiger partial charge in [0.05, 0.1) is 5.69 Å². The van der Waals surface area contributed by atoms with Gasteiger partial charge in [-0.1, -0.05) is 0 Å². The van der Waals surface area contributed by atoms with E-state index in [0.717, 1.165) is 25.1 Å². The van der Waals surface area contributed by atoms with E-state index in [2.05, 4.69) is 22.2 Å². The first-order valence-corrected chi connectivity index (χ1v) is 7.85. The van der Waals surface area contributed by atoms with Gasteiger partial charge in [0, 0.05) is 43.8 Å². The van der Waals surface area contributed by atoms with Crippen LogP contribution >= 0.6 is 0 Å². The maximum Gasteiger partial charge on any atom is 0.410 e. The second kappa shape index (κ2) is 7.05. The number of hydrogen-bond donors (Lipinski definition) is 1. The molecule has 0 radical (unpaired) electrons. The molecule has 1 aromatic heterocycles. The molecule has 0 bridgehead atoms. The summed E-state index contributed by atoms with van der Waals surface area (Å²) in [5.74, 6) is 0. The highest BCUT2D eigenvalue weighted by molar-refractivity contribution is 5.68. The molecule has 1 aliphatic heterocycles. The summed E-state index contributed by atoms with van der Waals surface area (Å²) in [5.41, 5.74) is 0.460. The van der Waals surface area contributed by atoms with Crippen LogP contribution in [-0.2, 0) is 4.74 Å². The summed E-state index contributed by atoms with van der Waals surface area (Å²) in [4.78, 5) is 22.4. The topological polar surface area (TPSA) is 67.4 Å². The van der Waals surface area contributed by atoms with Gasteiger partial charge in [0.15, 0.2) is 0 Å². The SMILES string of the molecule is C[C@H](N[C@@H]1CCCN(C(=O)OC(C)(C)C)C1)c1cnccn1. The third-order valence-corrected chi connectivity index (χ3v) is 3.59. The van der Waals surface area contributed by atoms with Gasteiger partial charge < -0.3 is 15.0 Å². The van der Waals surface area contributed by atoms with Crippen molar-refractivity contribution in [3.8, 4) is 0 Å². The molecule has 1 saturated heterocycles. The van der Waals surface area contributed by atoms with Crippen molar-refractivity contribution >= 4 is 6.09 Å². The van der Waals surface area contributed by atoms with Crippen molar-refractivity contribution in [2.24, 2.45) is 0 Å². The molecule has 0 aliphatic carbocycles. The summed E-state index contributed by atoms with van der Waals surface area (Å²) in [5, 5.41) is 3.53. The van der Waals surface area contributed by atoms with Crippen molar-refractivity contribution in [3.63, 3.8) is 0 Å². The van der Waals surface area contributed by atoms with E-state index >= 15 is 0 Å². The molecule has 22 heavy (non-hydrogen) atoms. The molecule has 0 aromatic carbocycles. The Morgan fingerprint density at radius 1 is 1.45 bits per heavy atom. The van der Waals surface area contributed by atoms with Gasteiger partial charge in [-0.2, -0.15) is 0 Å². The van der Waals surface area contributed by atoms with E-state index in [1.807, 2.05) is 20.8 Å². The van der Waals surface area contributed by atoms with Crippen LogP contribution in [-0.4, -0.2) is 45.7 Å². The van der Waals surface area contributed by atoms with Gasteiger partial charge in [0.1, 0.15) is 5.60 Å². The lowest BCUT2D eigenvalue weighted by molar-refractivity contribution is 0.0183. The summed E-state index contributed by atoms with van der Waals surface area (Å²) < 4.78 is 5.45. The molecule has 0 spiro atoms. The normalized spacial score (nSPS) is 20.5. The Bertz CT molecular complexity index is 487. The number of likely N-dealkylation sites (tertiary alicyclic amines) is 1. The zero-order valence-electron chi connectivity index (χ0n) is 13.9. The second-order valence-corrected chi connectivity index (χ2v) is 6.78. The average Bonchev–Trinajstić information content (AvgIpc) is 2.46. The Labute approximate surface area is 132 Å². The lowest BCUT2D eigenvalue weighted by Crippen LogP contribution is -2.49. The van der Waals surface area contributed by atoms with Crippen LogP contribution in [0, 0.1) is 0 Å². The number of amides is 1. The first kappa shape index (κ1) is 16.7. The van der Waals surface area contributed by atoms with Crippen LogP contribution in [0.4, 0.5) is 4.79 Å². The third kappa shape index (κ3) is 4.94. The van der Waals surface area contributed by atoms with Crippen LogP contribution in [0.2, 0.25) is 0 Å². The summed E-state index contributed by atoms with van der Waals surface area (Å²) in [6.07, 6.45) is 6.92. The number of aromatic nitrogens is 2. The molecule has 2 heterocycles. The molecule has 6 heteroatoms. The molecule has 1 fully saturated rings. The van der Waals surface area contributed by atoms with Gasteiger partial charge >= 0.3 is 6.09 Å². The molecule has 0 unspecified atom stereocenters. The second-order valence-electron chi connectivity index (χ2n) is 6.78. The molecule has 2 atom stereocenters. The number of nitrogens with one attached hydrogen (secondary N) is 1. The zero-order valence-corrected chi connectivity index (χ0v) is 13.9. The van der Waals surface area contributed by atoms with Gasteiger partial charge in [-0.05, 0) is 40.5 Å². The maximum absolute atomic E-state index is 12.2. The summed E-state index contributed by atoms with van der Waals surface area (Å²) in [6.45, 7) is 9.16. The smallest absolute Gasteiger partial charge is 0.410 e. The minimum absolute atomic E-state index is 0.109. The largest absolute Gasteiger partial charge is 0.444 e. The number of carbonyl (C=O) groups excluding carboxylic acids is 1. The van der Waals surface area contributed by atoms with Crippen molar-refractivity contribution in [3.05, 3.63) is 24.3 Å². The van der Waals surface area contributed by atoms with Crippen LogP contribution in [0.1, 0.15) is 52.3 Å². The van der Waals surface area contributed by atoms with Crippen molar-refractivity contribution < 1.29 is 9.53 Å². The number of hydrogen-bond acceptors (Lipinski definition) is 5. The molecular weight excluding hydrogens is 280 g/mol. The Morgan fingerprint density at radius 2 is 2.23 bits per heavy atom.